The third-order valence-corrected chi connectivity index (χ3v) is 5.42. The van der Waals surface area contributed by atoms with Gasteiger partial charge in [0.15, 0.2) is 9.84 Å². The minimum atomic E-state index is -3.67. The molecule has 2 rings (SSSR count). The van der Waals surface area contributed by atoms with Crippen molar-refractivity contribution in [2.45, 2.75) is 30.1 Å². The Morgan fingerprint density at radius 3 is 1.95 bits per heavy atom. The lowest BCUT2D eigenvalue weighted by atomic mass is 10.1. The number of rotatable bonds is 5. The zero-order chi connectivity index (χ0) is 16.2. The van der Waals surface area contributed by atoms with Gasteiger partial charge in [0.1, 0.15) is 5.25 Å². The van der Waals surface area contributed by atoms with Gasteiger partial charge in [-0.1, -0.05) is 60.2 Å². The molecule has 116 valence electrons. The summed E-state index contributed by atoms with van der Waals surface area (Å²) in [4.78, 5) is 0.215. The van der Waals surface area contributed by atoms with Gasteiger partial charge in [-0.15, -0.1) is 0 Å². The summed E-state index contributed by atoms with van der Waals surface area (Å²) in [6.45, 7) is 3.65. The van der Waals surface area contributed by atoms with Gasteiger partial charge in [-0.3, -0.25) is 0 Å². The molecule has 0 spiro atoms. The summed E-state index contributed by atoms with van der Waals surface area (Å²) in [5.41, 5.74) is 1.43. The SMILES string of the molecule is CC(C)=CC(C(O)c1ccccc1)S(=O)(=O)c1ccccc1. The molecule has 0 aromatic heterocycles. The van der Waals surface area contributed by atoms with Gasteiger partial charge in [0, 0.05) is 0 Å². The average molecular weight is 316 g/mol. The van der Waals surface area contributed by atoms with Crippen molar-refractivity contribution >= 4 is 9.84 Å². The van der Waals surface area contributed by atoms with E-state index in [0.717, 1.165) is 5.57 Å². The molecule has 22 heavy (non-hydrogen) atoms. The maximum absolute atomic E-state index is 12.9. The lowest BCUT2D eigenvalue weighted by Gasteiger charge is -2.21. The summed E-state index contributed by atoms with van der Waals surface area (Å²) in [5, 5.41) is 9.59. The van der Waals surface area contributed by atoms with E-state index in [1.807, 2.05) is 19.9 Å². The van der Waals surface area contributed by atoms with Crippen LogP contribution in [0.3, 0.4) is 0 Å². The predicted molar refractivity (Wildman–Crippen MR) is 88.2 cm³/mol. The number of aliphatic hydroxyl groups is 1. The summed E-state index contributed by atoms with van der Waals surface area (Å²) in [6, 6.07) is 17.1. The average Bonchev–Trinajstić information content (AvgIpc) is 2.53. The molecular weight excluding hydrogens is 296 g/mol. The fourth-order valence-electron chi connectivity index (χ4n) is 2.29. The second kappa shape index (κ2) is 6.90. The zero-order valence-corrected chi connectivity index (χ0v) is 13.5. The van der Waals surface area contributed by atoms with Crippen molar-refractivity contribution in [1.82, 2.24) is 0 Å². The molecule has 2 atom stereocenters. The van der Waals surface area contributed by atoms with Gasteiger partial charge in [0.25, 0.3) is 0 Å². The molecule has 0 aliphatic carbocycles. The molecule has 0 saturated heterocycles. The van der Waals surface area contributed by atoms with Crippen molar-refractivity contribution in [3.05, 3.63) is 77.9 Å². The first kappa shape index (κ1) is 16.5. The first-order valence-corrected chi connectivity index (χ1v) is 8.64. The van der Waals surface area contributed by atoms with E-state index in [1.54, 1.807) is 60.7 Å². The minimum Gasteiger partial charge on any atom is -0.387 e. The number of sulfone groups is 1. The van der Waals surface area contributed by atoms with Crippen LogP contribution in [0.1, 0.15) is 25.5 Å². The number of hydrogen-bond donors (Lipinski definition) is 1. The van der Waals surface area contributed by atoms with E-state index in [9.17, 15) is 13.5 Å². The van der Waals surface area contributed by atoms with Crippen LogP contribution in [-0.4, -0.2) is 18.8 Å². The summed E-state index contributed by atoms with van der Waals surface area (Å²) in [5.74, 6) is 0. The van der Waals surface area contributed by atoms with Crippen molar-refractivity contribution in [2.24, 2.45) is 0 Å². The molecule has 0 fully saturated rings. The van der Waals surface area contributed by atoms with Crippen LogP contribution in [0, 0.1) is 0 Å². The first-order chi connectivity index (χ1) is 10.4. The summed E-state index contributed by atoms with van der Waals surface area (Å²) in [7, 11) is -3.67. The van der Waals surface area contributed by atoms with E-state index < -0.39 is 21.2 Å². The molecule has 1 N–H and O–H groups in total. The highest BCUT2D eigenvalue weighted by Gasteiger charge is 2.32. The van der Waals surface area contributed by atoms with Gasteiger partial charge in [0.2, 0.25) is 0 Å². The Bertz CT molecular complexity index is 730. The van der Waals surface area contributed by atoms with Crippen molar-refractivity contribution in [3.63, 3.8) is 0 Å². The number of allylic oxidation sites excluding steroid dienone is 1. The van der Waals surface area contributed by atoms with E-state index >= 15 is 0 Å². The van der Waals surface area contributed by atoms with Gasteiger partial charge < -0.3 is 5.11 Å². The molecular formula is C18H20O3S. The van der Waals surface area contributed by atoms with E-state index in [0.29, 0.717) is 5.56 Å². The molecule has 0 radical (unpaired) electrons. The Balaban J connectivity index is 2.50. The number of hydrogen-bond acceptors (Lipinski definition) is 3. The third kappa shape index (κ3) is 3.64. The Morgan fingerprint density at radius 2 is 1.45 bits per heavy atom. The fraction of sp³-hybridized carbons (Fsp3) is 0.222. The first-order valence-electron chi connectivity index (χ1n) is 7.10. The van der Waals surface area contributed by atoms with Crippen molar-refractivity contribution in [2.75, 3.05) is 0 Å². The van der Waals surface area contributed by atoms with Gasteiger partial charge >= 0.3 is 0 Å². The van der Waals surface area contributed by atoms with Gasteiger partial charge in [-0.2, -0.15) is 0 Å². The second-order valence-corrected chi connectivity index (χ2v) is 7.53. The van der Waals surface area contributed by atoms with Crippen LogP contribution in [0.5, 0.6) is 0 Å². The van der Waals surface area contributed by atoms with Crippen LogP contribution in [0.4, 0.5) is 0 Å². The van der Waals surface area contributed by atoms with E-state index in [2.05, 4.69) is 0 Å². The number of benzene rings is 2. The van der Waals surface area contributed by atoms with Gasteiger partial charge in [-0.05, 0) is 31.5 Å². The van der Waals surface area contributed by atoms with Crippen LogP contribution in [0.15, 0.2) is 77.2 Å². The quantitative estimate of drug-likeness (QED) is 0.859. The molecule has 0 aliphatic rings. The molecule has 0 bridgehead atoms. The van der Waals surface area contributed by atoms with Crippen LogP contribution in [0.2, 0.25) is 0 Å². The fourth-order valence-corrected chi connectivity index (χ4v) is 4.08. The van der Waals surface area contributed by atoms with E-state index in [1.165, 1.54) is 0 Å². The normalized spacial score (nSPS) is 14.1. The second-order valence-electron chi connectivity index (χ2n) is 5.42. The van der Waals surface area contributed by atoms with Crippen LogP contribution in [0.25, 0.3) is 0 Å². The molecule has 0 aliphatic heterocycles. The Hall–Kier alpha value is -1.91. The molecule has 3 nitrogen and oxygen atoms in total. The number of aliphatic hydroxyl groups excluding tert-OH is 1. The van der Waals surface area contributed by atoms with Crippen LogP contribution >= 0.6 is 0 Å². The van der Waals surface area contributed by atoms with Crippen LogP contribution in [-0.2, 0) is 9.84 Å². The highest BCUT2D eigenvalue weighted by atomic mass is 32.2. The highest BCUT2D eigenvalue weighted by molar-refractivity contribution is 7.92. The monoisotopic (exact) mass is 316 g/mol. The third-order valence-electron chi connectivity index (χ3n) is 3.38. The van der Waals surface area contributed by atoms with Crippen molar-refractivity contribution in [3.8, 4) is 0 Å². The molecule has 2 unspecified atom stereocenters. The smallest absolute Gasteiger partial charge is 0.187 e. The Morgan fingerprint density at radius 1 is 0.955 bits per heavy atom. The van der Waals surface area contributed by atoms with E-state index in [4.69, 9.17) is 0 Å². The summed E-state index contributed by atoms with van der Waals surface area (Å²) >= 11 is 0. The predicted octanol–water partition coefficient (Wildman–Crippen LogP) is 3.53. The highest BCUT2D eigenvalue weighted by Crippen LogP contribution is 2.28. The van der Waals surface area contributed by atoms with Crippen molar-refractivity contribution < 1.29 is 13.5 Å². The molecule has 0 saturated carbocycles. The lowest BCUT2D eigenvalue weighted by Crippen LogP contribution is -2.27. The topological polar surface area (TPSA) is 54.4 Å². The molecule has 2 aromatic rings. The molecule has 2 aromatic carbocycles. The molecule has 0 amide bonds. The maximum atomic E-state index is 12.9. The van der Waals surface area contributed by atoms with Crippen LogP contribution < -0.4 is 0 Å². The standard InChI is InChI=1S/C18H20O3S/c1-14(2)13-17(18(19)15-9-5-3-6-10-15)22(20,21)16-11-7-4-8-12-16/h3-13,17-19H,1-2H3. The summed E-state index contributed by atoms with van der Waals surface area (Å²) < 4.78 is 25.8. The zero-order valence-electron chi connectivity index (χ0n) is 12.7. The molecule has 4 heteroatoms. The van der Waals surface area contributed by atoms with Gasteiger partial charge in [-0.25, -0.2) is 8.42 Å². The lowest BCUT2D eigenvalue weighted by molar-refractivity contribution is 0.183. The largest absolute Gasteiger partial charge is 0.387 e. The Kier molecular flexibility index (Phi) is 5.16. The molecule has 0 heterocycles. The van der Waals surface area contributed by atoms with Gasteiger partial charge in [0.05, 0.1) is 11.0 Å². The maximum Gasteiger partial charge on any atom is 0.187 e. The summed E-state index contributed by atoms with van der Waals surface area (Å²) in [6.07, 6.45) is 0.501. The van der Waals surface area contributed by atoms with E-state index in [-0.39, 0.29) is 4.90 Å². The Labute approximate surface area is 131 Å². The minimum absolute atomic E-state index is 0.215. The van der Waals surface area contributed by atoms with Crippen molar-refractivity contribution in [1.29, 1.82) is 0 Å².